The van der Waals surface area contributed by atoms with Crippen molar-refractivity contribution < 1.29 is 0 Å². The zero-order chi connectivity index (χ0) is 15.0. The minimum absolute atomic E-state index is 0.312. The molecule has 118 valence electrons. The molecule has 3 rings (SSSR count). The Kier molecular flexibility index (Phi) is 4.10. The minimum Gasteiger partial charge on any atom is -0.311 e. The van der Waals surface area contributed by atoms with E-state index in [1.54, 1.807) is 0 Å². The first-order valence-corrected chi connectivity index (χ1v) is 8.55. The van der Waals surface area contributed by atoms with Gasteiger partial charge in [0.1, 0.15) is 0 Å². The van der Waals surface area contributed by atoms with Gasteiger partial charge in [0, 0.05) is 43.5 Å². The first-order valence-electron chi connectivity index (χ1n) is 8.55. The summed E-state index contributed by atoms with van der Waals surface area (Å²) in [5.41, 5.74) is 1.53. The Morgan fingerprint density at radius 3 is 2.90 bits per heavy atom. The summed E-state index contributed by atoms with van der Waals surface area (Å²) in [4.78, 5) is 2.68. The van der Waals surface area contributed by atoms with Crippen LogP contribution in [0, 0.1) is 5.92 Å². The van der Waals surface area contributed by atoms with Crippen LogP contribution in [-0.4, -0.2) is 39.4 Å². The Bertz CT molecular complexity index is 479. The second-order valence-corrected chi connectivity index (χ2v) is 7.34. The van der Waals surface area contributed by atoms with Crippen LogP contribution in [0.3, 0.4) is 0 Å². The molecule has 21 heavy (non-hydrogen) atoms. The minimum atomic E-state index is 0.312. The molecule has 1 aliphatic heterocycles. The number of aromatic nitrogens is 2. The van der Waals surface area contributed by atoms with Gasteiger partial charge >= 0.3 is 0 Å². The van der Waals surface area contributed by atoms with Crippen LogP contribution in [-0.2, 0) is 6.54 Å². The number of nitrogens with one attached hydrogen (secondary N) is 1. The summed E-state index contributed by atoms with van der Waals surface area (Å²) < 4.78 is 2.12. The van der Waals surface area contributed by atoms with Crippen molar-refractivity contribution >= 4 is 0 Å². The van der Waals surface area contributed by atoms with Gasteiger partial charge in [0.15, 0.2) is 0 Å². The maximum atomic E-state index is 4.80. The van der Waals surface area contributed by atoms with E-state index >= 15 is 0 Å². The highest BCUT2D eigenvalue weighted by molar-refractivity contribution is 5.08. The Morgan fingerprint density at radius 1 is 1.48 bits per heavy atom. The van der Waals surface area contributed by atoms with E-state index in [1.807, 2.05) is 0 Å². The van der Waals surface area contributed by atoms with Gasteiger partial charge in [-0.05, 0) is 52.0 Å². The first kappa shape index (κ1) is 15.0. The molecular formula is C17H30N4. The van der Waals surface area contributed by atoms with Crippen molar-refractivity contribution in [1.82, 2.24) is 20.0 Å². The topological polar surface area (TPSA) is 33.1 Å². The van der Waals surface area contributed by atoms with Crippen molar-refractivity contribution in [2.45, 2.75) is 71.1 Å². The summed E-state index contributed by atoms with van der Waals surface area (Å²) in [7, 11) is 0. The van der Waals surface area contributed by atoms with Crippen molar-refractivity contribution in [1.29, 1.82) is 0 Å². The molecule has 1 aromatic rings. The highest BCUT2D eigenvalue weighted by Crippen LogP contribution is 2.44. The van der Waals surface area contributed by atoms with Crippen LogP contribution in [0.4, 0.5) is 0 Å². The normalized spacial score (nSPS) is 32.3. The molecule has 4 heteroatoms. The van der Waals surface area contributed by atoms with Crippen LogP contribution in [0.15, 0.2) is 12.3 Å². The first-order chi connectivity index (χ1) is 10.0. The summed E-state index contributed by atoms with van der Waals surface area (Å²) in [5, 5.41) is 8.47. The van der Waals surface area contributed by atoms with E-state index in [2.05, 4.69) is 54.9 Å². The lowest BCUT2D eigenvalue weighted by Crippen LogP contribution is -2.63. The average molecular weight is 290 g/mol. The maximum Gasteiger partial charge on any atom is 0.0765 e. The summed E-state index contributed by atoms with van der Waals surface area (Å²) >= 11 is 0. The van der Waals surface area contributed by atoms with Crippen LogP contribution >= 0.6 is 0 Å². The van der Waals surface area contributed by atoms with Gasteiger partial charge in [-0.3, -0.25) is 9.58 Å². The van der Waals surface area contributed by atoms with Gasteiger partial charge in [0.25, 0.3) is 0 Å². The van der Waals surface area contributed by atoms with Gasteiger partial charge in [0.2, 0.25) is 0 Å². The predicted molar refractivity (Wildman–Crippen MR) is 86.2 cm³/mol. The van der Waals surface area contributed by atoms with Gasteiger partial charge in [-0.25, -0.2) is 0 Å². The third-order valence-corrected chi connectivity index (χ3v) is 5.54. The zero-order valence-electron chi connectivity index (χ0n) is 14.0. The lowest BCUT2D eigenvalue weighted by molar-refractivity contribution is 0.0300. The molecule has 1 aliphatic carbocycles. The van der Waals surface area contributed by atoms with E-state index < -0.39 is 0 Å². The molecule has 0 amide bonds. The smallest absolute Gasteiger partial charge is 0.0765 e. The van der Waals surface area contributed by atoms with E-state index in [4.69, 9.17) is 5.10 Å². The SMILES string of the molecule is CCC(C)n1ccc(CN2CC(C)NCC2(C)C2CC2)n1. The summed E-state index contributed by atoms with van der Waals surface area (Å²) in [6.45, 7) is 12.4. The molecule has 0 aromatic carbocycles. The van der Waals surface area contributed by atoms with E-state index in [-0.39, 0.29) is 0 Å². The van der Waals surface area contributed by atoms with Crippen LogP contribution in [0.2, 0.25) is 0 Å². The number of rotatable bonds is 5. The number of hydrogen-bond donors (Lipinski definition) is 1. The predicted octanol–water partition coefficient (Wildman–Crippen LogP) is 2.82. The standard InChI is InChI=1S/C17H30N4/c1-5-14(3)21-9-8-16(19-21)11-20-10-13(2)18-12-17(20,4)15-6-7-15/h8-9,13-15,18H,5-7,10-12H2,1-4H3. The molecule has 2 heterocycles. The van der Waals surface area contributed by atoms with Crippen molar-refractivity contribution in [2.75, 3.05) is 13.1 Å². The quantitative estimate of drug-likeness (QED) is 0.905. The molecule has 3 atom stereocenters. The zero-order valence-corrected chi connectivity index (χ0v) is 14.0. The fourth-order valence-electron chi connectivity index (χ4n) is 3.54. The molecule has 0 bridgehead atoms. The number of piperazine rings is 1. The molecule has 1 N–H and O–H groups in total. The number of hydrogen-bond acceptors (Lipinski definition) is 3. The van der Waals surface area contributed by atoms with Crippen LogP contribution in [0.1, 0.15) is 58.7 Å². The van der Waals surface area contributed by atoms with Crippen molar-refractivity contribution in [3.05, 3.63) is 18.0 Å². The molecule has 1 saturated carbocycles. The molecule has 1 saturated heterocycles. The van der Waals surface area contributed by atoms with E-state index in [0.29, 0.717) is 17.6 Å². The molecule has 2 aliphatic rings. The van der Waals surface area contributed by atoms with Gasteiger partial charge in [0.05, 0.1) is 5.69 Å². The molecular weight excluding hydrogens is 260 g/mol. The molecule has 4 nitrogen and oxygen atoms in total. The fourth-order valence-corrected chi connectivity index (χ4v) is 3.54. The van der Waals surface area contributed by atoms with E-state index in [0.717, 1.165) is 32.0 Å². The van der Waals surface area contributed by atoms with Gasteiger partial charge in [-0.15, -0.1) is 0 Å². The maximum absolute atomic E-state index is 4.80. The van der Waals surface area contributed by atoms with Crippen LogP contribution < -0.4 is 5.32 Å². The summed E-state index contributed by atoms with van der Waals surface area (Å²) in [5.74, 6) is 0.870. The molecule has 3 unspecified atom stereocenters. The van der Waals surface area contributed by atoms with Crippen LogP contribution in [0.5, 0.6) is 0 Å². The van der Waals surface area contributed by atoms with E-state index in [1.165, 1.54) is 18.5 Å². The lowest BCUT2D eigenvalue weighted by atomic mass is 9.89. The molecule has 2 fully saturated rings. The molecule has 0 radical (unpaired) electrons. The van der Waals surface area contributed by atoms with Crippen LogP contribution in [0.25, 0.3) is 0 Å². The third-order valence-electron chi connectivity index (χ3n) is 5.54. The van der Waals surface area contributed by atoms with Gasteiger partial charge in [-0.1, -0.05) is 6.92 Å². The largest absolute Gasteiger partial charge is 0.311 e. The van der Waals surface area contributed by atoms with Crippen molar-refractivity contribution in [3.8, 4) is 0 Å². The summed E-state index contributed by atoms with van der Waals surface area (Å²) in [6.07, 6.45) is 6.06. The Balaban J connectivity index is 1.73. The fraction of sp³-hybridized carbons (Fsp3) is 0.824. The Labute approximate surface area is 128 Å². The number of nitrogens with zero attached hydrogens (tertiary/aromatic N) is 3. The average Bonchev–Trinajstić information content (AvgIpc) is 3.23. The Hall–Kier alpha value is -0.870. The lowest BCUT2D eigenvalue weighted by Gasteiger charge is -2.48. The van der Waals surface area contributed by atoms with Crippen molar-refractivity contribution in [2.24, 2.45) is 5.92 Å². The molecule has 1 aromatic heterocycles. The Morgan fingerprint density at radius 2 is 2.24 bits per heavy atom. The third kappa shape index (κ3) is 3.02. The molecule has 0 spiro atoms. The second-order valence-electron chi connectivity index (χ2n) is 7.34. The highest BCUT2D eigenvalue weighted by Gasteiger charge is 2.47. The summed E-state index contributed by atoms with van der Waals surface area (Å²) in [6, 6.07) is 3.27. The second kappa shape index (κ2) is 5.73. The van der Waals surface area contributed by atoms with Crippen molar-refractivity contribution in [3.63, 3.8) is 0 Å². The monoisotopic (exact) mass is 290 g/mol. The van der Waals surface area contributed by atoms with Gasteiger partial charge in [-0.2, -0.15) is 5.10 Å². The highest BCUT2D eigenvalue weighted by atomic mass is 15.3. The van der Waals surface area contributed by atoms with Gasteiger partial charge < -0.3 is 5.32 Å². The van der Waals surface area contributed by atoms with E-state index in [9.17, 15) is 0 Å².